The number of rotatable bonds is 8. The number of amidine groups is 1. The van der Waals surface area contributed by atoms with E-state index in [1.54, 1.807) is 0 Å². The van der Waals surface area contributed by atoms with Crippen molar-refractivity contribution in [1.29, 1.82) is 0 Å². The zero-order valence-electron chi connectivity index (χ0n) is 22.0. The Bertz CT molecular complexity index is 1150. The molecule has 7 nitrogen and oxygen atoms in total. The highest BCUT2D eigenvalue weighted by atomic mass is 19.4. The van der Waals surface area contributed by atoms with Gasteiger partial charge in [-0.25, -0.2) is 9.98 Å². The van der Waals surface area contributed by atoms with Gasteiger partial charge in [0.2, 0.25) is 0 Å². The lowest BCUT2D eigenvalue weighted by molar-refractivity contribution is -0.274. The molecule has 10 heteroatoms. The molecule has 3 aromatic carbocycles. The van der Waals surface area contributed by atoms with E-state index in [-0.39, 0.29) is 17.7 Å². The van der Waals surface area contributed by atoms with Crippen molar-refractivity contribution in [1.82, 2.24) is 0 Å². The van der Waals surface area contributed by atoms with Crippen molar-refractivity contribution in [2.45, 2.75) is 40.2 Å². The number of hydrogen-bond acceptors (Lipinski definition) is 5. The largest absolute Gasteiger partial charge is 0.573 e. The molecule has 0 saturated carbocycles. The number of aryl methyl sites for hydroxylation is 1. The Morgan fingerprint density at radius 2 is 1.55 bits per heavy atom. The van der Waals surface area contributed by atoms with E-state index >= 15 is 0 Å². The number of nitrogens with two attached hydrogens (primary N) is 1. The quantitative estimate of drug-likeness (QED) is 0.187. The van der Waals surface area contributed by atoms with Crippen LogP contribution in [0, 0.1) is 6.92 Å². The number of alkyl halides is 3. The van der Waals surface area contributed by atoms with Gasteiger partial charge in [-0.2, -0.15) is 0 Å². The summed E-state index contributed by atoms with van der Waals surface area (Å²) in [6.45, 7) is 8.35. The first kappa shape index (κ1) is 31.7. The Balaban J connectivity index is 0.000000432. The molecule has 0 heterocycles. The highest BCUT2D eigenvalue weighted by Gasteiger charge is 2.30. The number of ether oxygens (including phenoxy) is 2. The van der Waals surface area contributed by atoms with Gasteiger partial charge < -0.3 is 20.5 Å². The van der Waals surface area contributed by atoms with E-state index in [0.29, 0.717) is 12.2 Å². The first-order valence-corrected chi connectivity index (χ1v) is 11.8. The average Bonchev–Trinajstić information content (AvgIpc) is 2.91. The van der Waals surface area contributed by atoms with E-state index in [2.05, 4.69) is 20.0 Å². The third-order valence-corrected chi connectivity index (χ3v) is 4.75. The summed E-state index contributed by atoms with van der Waals surface area (Å²) in [6.07, 6.45) is -3.63. The van der Waals surface area contributed by atoms with Crippen molar-refractivity contribution in [2.75, 3.05) is 12.4 Å². The maximum atomic E-state index is 12.1. The normalized spacial score (nSPS) is 11.8. The molecular formula is C28H33F3N4O3. The van der Waals surface area contributed by atoms with Crippen molar-refractivity contribution in [3.8, 4) is 5.75 Å². The predicted molar refractivity (Wildman–Crippen MR) is 146 cm³/mol. The molecule has 38 heavy (non-hydrogen) atoms. The van der Waals surface area contributed by atoms with Crippen LogP contribution in [0.15, 0.2) is 82.8 Å². The van der Waals surface area contributed by atoms with Crippen LogP contribution in [-0.4, -0.2) is 32.1 Å². The van der Waals surface area contributed by atoms with Crippen molar-refractivity contribution in [3.63, 3.8) is 0 Å². The molecule has 3 aromatic rings. The van der Waals surface area contributed by atoms with Gasteiger partial charge in [0, 0.05) is 18.3 Å². The molecule has 3 N–H and O–H groups in total. The smallest absolute Gasteiger partial charge is 0.460 e. The second-order valence-corrected chi connectivity index (χ2v) is 7.41. The van der Waals surface area contributed by atoms with E-state index in [9.17, 15) is 18.0 Å². The molecule has 0 aliphatic carbocycles. The van der Waals surface area contributed by atoms with Crippen molar-refractivity contribution in [3.05, 3.63) is 89.5 Å². The van der Waals surface area contributed by atoms with Crippen LogP contribution in [0.2, 0.25) is 0 Å². The van der Waals surface area contributed by atoms with Gasteiger partial charge in [0.1, 0.15) is 24.0 Å². The third kappa shape index (κ3) is 12.1. The van der Waals surface area contributed by atoms with Gasteiger partial charge in [0.25, 0.3) is 6.47 Å². The standard InChI is InChI=1S/C16H15F3N4O.C10H12O2.C2H6/c1-21-12-4-2-11(3-5-12)15(20)23-10-22-13-6-8-14(9-7-13)24-16(17,18)19;1-8-3-5-10(6-4-8)9(2)12-7-11;1-2/h2-10,21H,1H3,(H2,20,22,23);3-7,9H,1-2H3;1-2H3. The summed E-state index contributed by atoms with van der Waals surface area (Å²) in [5.41, 5.74) is 10.2. The first-order chi connectivity index (χ1) is 18.1. The number of anilines is 1. The van der Waals surface area contributed by atoms with Crippen LogP contribution in [0.25, 0.3) is 0 Å². The zero-order chi connectivity index (χ0) is 28.6. The Kier molecular flexibility index (Phi) is 13.7. The van der Waals surface area contributed by atoms with Crippen molar-refractivity contribution >= 4 is 30.0 Å². The SMILES string of the molecule is CC.CNc1ccc(C(N)=NC=Nc2ccc(OC(F)(F)F)cc2)cc1.Cc1ccc(C(C)OC=O)cc1. The Morgan fingerprint density at radius 1 is 0.974 bits per heavy atom. The Labute approximate surface area is 221 Å². The summed E-state index contributed by atoms with van der Waals surface area (Å²) in [5, 5.41) is 2.99. The summed E-state index contributed by atoms with van der Waals surface area (Å²) in [6, 6.07) is 20.3. The fraction of sp³-hybridized carbons (Fsp3) is 0.250. The fourth-order valence-electron chi connectivity index (χ4n) is 2.77. The number of hydrogen-bond donors (Lipinski definition) is 2. The van der Waals surface area contributed by atoms with Crippen LogP contribution >= 0.6 is 0 Å². The molecule has 0 saturated heterocycles. The zero-order valence-corrected chi connectivity index (χ0v) is 22.0. The van der Waals surface area contributed by atoms with E-state index in [1.807, 2.05) is 83.3 Å². The van der Waals surface area contributed by atoms with Gasteiger partial charge in [-0.05, 0) is 67.9 Å². The molecule has 0 aromatic heterocycles. The topological polar surface area (TPSA) is 98.3 Å². The maximum absolute atomic E-state index is 12.1. The van der Waals surface area contributed by atoms with Crippen LogP contribution in [0.4, 0.5) is 24.5 Å². The van der Waals surface area contributed by atoms with Crippen LogP contribution in [0.3, 0.4) is 0 Å². The van der Waals surface area contributed by atoms with Crippen LogP contribution in [0.5, 0.6) is 5.75 Å². The second kappa shape index (κ2) is 16.4. The van der Waals surface area contributed by atoms with Crippen molar-refractivity contribution in [2.24, 2.45) is 15.7 Å². The molecular weight excluding hydrogens is 497 g/mol. The van der Waals surface area contributed by atoms with E-state index in [4.69, 9.17) is 10.5 Å². The highest BCUT2D eigenvalue weighted by Crippen LogP contribution is 2.24. The van der Waals surface area contributed by atoms with Gasteiger partial charge in [-0.15, -0.1) is 13.2 Å². The Morgan fingerprint density at radius 3 is 2.05 bits per heavy atom. The van der Waals surface area contributed by atoms with Gasteiger partial charge in [-0.1, -0.05) is 43.7 Å². The Hall–Kier alpha value is -4.34. The van der Waals surface area contributed by atoms with E-state index in [0.717, 1.165) is 16.8 Å². The fourth-order valence-corrected chi connectivity index (χ4v) is 2.77. The molecule has 0 spiro atoms. The number of nitrogens with zero attached hydrogens (tertiary/aromatic N) is 2. The van der Waals surface area contributed by atoms with Crippen LogP contribution in [-0.2, 0) is 9.53 Å². The summed E-state index contributed by atoms with van der Waals surface area (Å²) in [4.78, 5) is 18.0. The number of aliphatic imine (C=N–C) groups is 2. The molecule has 204 valence electrons. The molecule has 0 fully saturated rings. The number of carbonyl (C=O) groups is 1. The summed E-state index contributed by atoms with van der Waals surface area (Å²) < 4.78 is 44.7. The molecule has 0 amide bonds. The lowest BCUT2D eigenvalue weighted by atomic mass is 10.1. The monoisotopic (exact) mass is 530 g/mol. The van der Waals surface area contributed by atoms with Gasteiger partial charge in [0.15, 0.2) is 0 Å². The first-order valence-electron chi connectivity index (χ1n) is 11.8. The number of halogens is 3. The van der Waals surface area contributed by atoms with E-state index < -0.39 is 6.36 Å². The number of benzene rings is 3. The highest BCUT2D eigenvalue weighted by molar-refractivity contribution is 6.01. The van der Waals surface area contributed by atoms with Crippen LogP contribution in [0.1, 0.15) is 43.6 Å². The molecule has 0 aliphatic heterocycles. The molecule has 0 radical (unpaired) electrons. The average molecular weight is 531 g/mol. The lowest BCUT2D eigenvalue weighted by Crippen LogP contribution is -2.16. The molecule has 3 rings (SSSR count). The lowest BCUT2D eigenvalue weighted by Gasteiger charge is -2.09. The minimum Gasteiger partial charge on any atom is -0.460 e. The van der Waals surface area contributed by atoms with Crippen LogP contribution < -0.4 is 15.8 Å². The molecule has 0 aliphatic rings. The molecule has 1 unspecified atom stereocenters. The summed E-state index contributed by atoms with van der Waals surface area (Å²) >= 11 is 0. The van der Waals surface area contributed by atoms with Gasteiger partial charge in [0.05, 0.1) is 5.69 Å². The minimum atomic E-state index is -4.72. The third-order valence-electron chi connectivity index (χ3n) is 4.75. The number of nitrogens with one attached hydrogen (secondary N) is 1. The van der Waals surface area contributed by atoms with Crippen molar-refractivity contribution < 1.29 is 27.4 Å². The number of carbonyl (C=O) groups excluding carboxylic acids is 1. The van der Waals surface area contributed by atoms with E-state index in [1.165, 1.54) is 36.2 Å². The second-order valence-electron chi connectivity index (χ2n) is 7.41. The maximum Gasteiger partial charge on any atom is 0.573 e. The molecule has 0 bridgehead atoms. The molecule has 1 atom stereocenters. The minimum absolute atomic E-state index is 0.150. The summed E-state index contributed by atoms with van der Waals surface area (Å²) in [7, 11) is 1.81. The predicted octanol–water partition coefficient (Wildman–Crippen LogP) is 6.95. The van der Waals surface area contributed by atoms with Gasteiger partial charge in [-0.3, -0.25) is 4.79 Å². The van der Waals surface area contributed by atoms with Gasteiger partial charge >= 0.3 is 6.36 Å². The summed E-state index contributed by atoms with van der Waals surface area (Å²) in [5.74, 6) is -0.0347.